The summed E-state index contributed by atoms with van der Waals surface area (Å²) in [5.41, 5.74) is 6.74. The average Bonchev–Trinajstić information content (AvgIpc) is 3.23. The van der Waals surface area contributed by atoms with Crippen LogP contribution in [0.2, 0.25) is 0 Å². The highest BCUT2D eigenvalue weighted by atomic mass is 79.9. The molecule has 5 nitrogen and oxygen atoms in total. The first-order chi connectivity index (χ1) is 12.6. The molecule has 1 fully saturated rings. The van der Waals surface area contributed by atoms with E-state index in [0.717, 1.165) is 34.2 Å². The number of benzene rings is 2. The smallest absolute Gasteiger partial charge is 0.253 e. The van der Waals surface area contributed by atoms with Crippen LogP contribution in [0.5, 0.6) is 0 Å². The van der Waals surface area contributed by atoms with Crippen molar-refractivity contribution in [3.63, 3.8) is 0 Å². The van der Waals surface area contributed by atoms with Crippen LogP contribution in [0.4, 0.5) is 0 Å². The van der Waals surface area contributed by atoms with Gasteiger partial charge >= 0.3 is 0 Å². The lowest BCUT2D eigenvalue weighted by Gasteiger charge is -2.15. The van der Waals surface area contributed by atoms with Gasteiger partial charge in [0, 0.05) is 22.5 Å². The normalized spacial score (nSPS) is 23.0. The lowest BCUT2D eigenvalue weighted by atomic mass is 9.88. The van der Waals surface area contributed by atoms with Crippen LogP contribution in [0.25, 0.3) is 0 Å². The Morgan fingerprint density at radius 1 is 1.15 bits per heavy atom. The topological polar surface area (TPSA) is 70.6 Å². The Labute approximate surface area is 160 Å². The maximum atomic E-state index is 12.7. The Kier molecular flexibility index (Phi) is 4.59. The quantitative estimate of drug-likeness (QED) is 0.601. The second-order valence-electron chi connectivity index (χ2n) is 6.58. The number of hydrogen-bond acceptors (Lipinski definition) is 3. The van der Waals surface area contributed by atoms with Crippen LogP contribution in [0, 0.1) is 5.92 Å². The van der Waals surface area contributed by atoms with Gasteiger partial charge in [-0.25, -0.2) is 5.43 Å². The van der Waals surface area contributed by atoms with Crippen molar-refractivity contribution < 1.29 is 9.59 Å². The van der Waals surface area contributed by atoms with E-state index in [1.165, 1.54) is 5.56 Å². The molecular formula is C20H18BrN3O2. The Bertz CT molecular complexity index is 895. The summed E-state index contributed by atoms with van der Waals surface area (Å²) >= 11 is 3.47. The van der Waals surface area contributed by atoms with Gasteiger partial charge in [-0.15, -0.1) is 0 Å². The summed E-state index contributed by atoms with van der Waals surface area (Å²) in [7, 11) is 0. The molecule has 2 unspecified atom stereocenters. The third-order valence-corrected chi connectivity index (χ3v) is 5.50. The van der Waals surface area contributed by atoms with E-state index in [0.29, 0.717) is 6.54 Å². The van der Waals surface area contributed by atoms with E-state index in [1.54, 1.807) is 0 Å². The van der Waals surface area contributed by atoms with Crippen molar-refractivity contribution in [3.05, 3.63) is 69.7 Å². The van der Waals surface area contributed by atoms with E-state index in [-0.39, 0.29) is 17.7 Å². The standard InChI is InChI=1S/C20H18BrN3O2/c21-14-8-6-13-7-9-17(15(13)10-14)23-24-20(26)18-16(11-22-19(18)25)12-4-2-1-3-5-12/h1-6,8,10,16,18H,7,9,11H2,(H,22,25)(H,24,26)/b23-17-. The molecule has 2 atom stereocenters. The number of rotatable bonds is 3. The van der Waals surface area contributed by atoms with Gasteiger partial charge in [0.05, 0.1) is 5.71 Å². The number of fused-ring (bicyclic) bond motifs is 1. The summed E-state index contributed by atoms with van der Waals surface area (Å²) < 4.78 is 0.983. The molecule has 4 rings (SSSR count). The number of carbonyl (C=O) groups is 2. The van der Waals surface area contributed by atoms with Crippen molar-refractivity contribution in [2.45, 2.75) is 18.8 Å². The fourth-order valence-corrected chi connectivity index (χ4v) is 4.03. The number of hydrazone groups is 1. The highest BCUT2D eigenvalue weighted by molar-refractivity contribution is 9.10. The van der Waals surface area contributed by atoms with Gasteiger partial charge in [0.15, 0.2) is 0 Å². The van der Waals surface area contributed by atoms with Gasteiger partial charge in [-0.3, -0.25) is 9.59 Å². The SMILES string of the molecule is O=C1NCC(c2ccccc2)C1C(=O)N/N=C1/CCc2ccc(Br)cc21. The molecule has 0 saturated carbocycles. The van der Waals surface area contributed by atoms with Gasteiger partial charge in [0.2, 0.25) is 5.91 Å². The van der Waals surface area contributed by atoms with Crippen LogP contribution in [-0.4, -0.2) is 24.1 Å². The number of amides is 2. The van der Waals surface area contributed by atoms with Crippen LogP contribution < -0.4 is 10.7 Å². The summed E-state index contributed by atoms with van der Waals surface area (Å²) in [6.07, 6.45) is 1.69. The molecule has 26 heavy (non-hydrogen) atoms. The molecule has 2 N–H and O–H groups in total. The molecule has 1 heterocycles. The molecule has 2 aliphatic rings. The maximum Gasteiger partial charge on any atom is 0.253 e. The van der Waals surface area contributed by atoms with Crippen LogP contribution in [0.15, 0.2) is 58.1 Å². The summed E-state index contributed by atoms with van der Waals surface area (Å²) in [4.78, 5) is 24.9. The van der Waals surface area contributed by atoms with Crippen LogP contribution in [0.3, 0.4) is 0 Å². The van der Waals surface area contributed by atoms with Gasteiger partial charge in [-0.2, -0.15) is 5.10 Å². The first-order valence-corrected chi connectivity index (χ1v) is 9.40. The second kappa shape index (κ2) is 7.03. The van der Waals surface area contributed by atoms with Crippen molar-refractivity contribution in [2.75, 3.05) is 6.54 Å². The fourth-order valence-electron chi connectivity index (χ4n) is 3.66. The number of carbonyl (C=O) groups excluding carboxylic acids is 2. The molecule has 0 radical (unpaired) electrons. The predicted molar refractivity (Wildman–Crippen MR) is 103 cm³/mol. The van der Waals surface area contributed by atoms with Crippen molar-refractivity contribution in [1.82, 2.24) is 10.7 Å². The van der Waals surface area contributed by atoms with Crippen molar-refractivity contribution in [3.8, 4) is 0 Å². The molecule has 1 saturated heterocycles. The van der Waals surface area contributed by atoms with E-state index < -0.39 is 5.92 Å². The van der Waals surface area contributed by atoms with E-state index in [2.05, 4.69) is 37.8 Å². The first-order valence-electron chi connectivity index (χ1n) is 8.61. The van der Waals surface area contributed by atoms with Gasteiger partial charge in [0.1, 0.15) is 5.92 Å². The Hall–Kier alpha value is -2.47. The first kappa shape index (κ1) is 17.0. The number of hydrogen-bond donors (Lipinski definition) is 2. The zero-order chi connectivity index (χ0) is 18.1. The van der Waals surface area contributed by atoms with Crippen molar-refractivity contribution in [2.24, 2.45) is 11.0 Å². The van der Waals surface area contributed by atoms with Crippen LogP contribution in [0.1, 0.15) is 29.0 Å². The zero-order valence-electron chi connectivity index (χ0n) is 14.0. The summed E-state index contributed by atoms with van der Waals surface area (Å²) in [6, 6.07) is 15.7. The monoisotopic (exact) mass is 411 g/mol. The summed E-state index contributed by atoms with van der Waals surface area (Å²) in [6.45, 7) is 0.466. The molecule has 2 aromatic rings. The maximum absolute atomic E-state index is 12.7. The van der Waals surface area contributed by atoms with Crippen LogP contribution >= 0.6 is 15.9 Å². The molecule has 0 aromatic heterocycles. The lowest BCUT2D eigenvalue weighted by molar-refractivity contribution is -0.133. The fraction of sp³-hybridized carbons (Fsp3) is 0.250. The van der Waals surface area contributed by atoms with E-state index >= 15 is 0 Å². The molecule has 1 aliphatic carbocycles. The molecule has 0 spiro atoms. The van der Waals surface area contributed by atoms with E-state index in [9.17, 15) is 9.59 Å². The highest BCUT2D eigenvalue weighted by Crippen LogP contribution is 2.29. The van der Waals surface area contributed by atoms with Gasteiger partial charge in [0.25, 0.3) is 5.91 Å². The average molecular weight is 412 g/mol. The highest BCUT2D eigenvalue weighted by Gasteiger charge is 2.41. The minimum absolute atomic E-state index is 0.172. The van der Waals surface area contributed by atoms with Crippen molar-refractivity contribution >= 4 is 33.5 Å². The Morgan fingerprint density at radius 3 is 2.77 bits per heavy atom. The second-order valence-corrected chi connectivity index (χ2v) is 7.49. The molecule has 6 heteroatoms. The summed E-state index contributed by atoms with van der Waals surface area (Å²) in [5.74, 6) is -1.53. The number of nitrogens with one attached hydrogen (secondary N) is 2. The lowest BCUT2D eigenvalue weighted by Crippen LogP contribution is -2.35. The van der Waals surface area contributed by atoms with Crippen molar-refractivity contribution in [1.29, 1.82) is 0 Å². The van der Waals surface area contributed by atoms with Gasteiger partial charge in [-0.05, 0) is 36.1 Å². The molecule has 1 aliphatic heterocycles. The molecule has 132 valence electrons. The number of halogens is 1. The molecule has 0 bridgehead atoms. The summed E-state index contributed by atoms with van der Waals surface area (Å²) in [5, 5.41) is 7.12. The van der Waals surface area contributed by atoms with Gasteiger partial charge in [-0.1, -0.05) is 52.3 Å². The third-order valence-electron chi connectivity index (χ3n) is 5.01. The van der Waals surface area contributed by atoms with E-state index in [1.807, 2.05) is 42.5 Å². The predicted octanol–water partition coefficient (Wildman–Crippen LogP) is 2.75. The largest absolute Gasteiger partial charge is 0.355 e. The Balaban J connectivity index is 1.53. The Morgan fingerprint density at radius 2 is 1.96 bits per heavy atom. The molecule has 2 aromatic carbocycles. The van der Waals surface area contributed by atoms with E-state index in [4.69, 9.17) is 0 Å². The van der Waals surface area contributed by atoms with Crippen LogP contribution in [-0.2, 0) is 16.0 Å². The number of aryl methyl sites for hydroxylation is 1. The minimum atomic E-state index is -0.759. The molecule has 2 amide bonds. The minimum Gasteiger partial charge on any atom is -0.355 e. The zero-order valence-corrected chi connectivity index (χ0v) is 15.6. The van der Waals surface area contributed by atoms with Gasteiger partial charge < -0.3 is 5.32 Å². The molecular weight excluding hydrogens is 394 g/mol. The third kappa shape index (κ3) is 3.17. The number of nitrogens with zero attached hydrogens (tertiary/aromatic N) is 1.